The van der Waals surface area contributed by atoms with Gasteiger partial charge in [-0.05, 0) is 89.0 Å². The third kappa shape index (κ3) is 10.2. The molecule has 5 nitrogen and oxygen atoms in total. The Labute approximate surface area is 318 Å². The van der Waals surface area contributed by atoms with Gasteiger partial charge < -0.3 is 4.74 Å². The summed E-state index contributed by atoms with van der Waals surface area (Å²) in [5.74, 6) is 0. The summed E-state index contributed by atoms with van der Waals surface area (Å²) in [6, 6.07) is 32.2. The predicted molar refractivity (Wildman–Crippen MR) is 217 cm³/mol. The fourth-order valence-corrected chi connectivity index (χ4v) is 9.91. The van der Waals surface area contributed by atoms with E-state index in [-0.39, 0.29) is 0 Å². The van der Waals surface area contributed by atoms with Gasteiger partial charge in [-0.2, -0.15) is 21.9 Å². The Kier molecular flexibility index (Phi) is 13.8. The second-order valence-electron chi connectivity index (χ2n) is 9.73. The third-order valence-corrected chi connectivity index (χ3v) is 13.7. The minimum Gasteiger partial charge on any atom is -0.487 e. The van der Waals surface area contributed by atoms with Crippen LogP contribution in [-0.4, -0.2) is 13.4 Å². The highest BCUT2D eigenvalue weighted by Crippen LogP contribution is 2.38. The van der Waals surface area contributed by atoms with E-state index >= 15 is 0 Å². The number of methoxy groups -OCH3 is 1. The highest BCUT2D eigenvalue weighted by Gasteiger charge is 2.09. The largest absolute Gasteiger partial charge is 0.487 e. The number of carbonyl (C=O) groups excluding carboxylic acids is 1. The summed E-state index contributed by atoms with van der Waals surface area (Å²) < 4.78 is 5.10. The zero-order valence-electron chi connectivity index (χ0n) is 26.3. The third-order valence-electron chi connectivity index (χ3n) is 6.46. The molecule has 0 atom stereocenters. The van der Waals surface area contributed by atoms with Crippen LogP contribution in [0.5, 0.6) is 5.06 Å². The molecular formula is C38H25N3O2S7. The number of allylic oxidation sites excluding steroid dienone is 1. The number of carbonyl (C=O) groups is 1. The summed E-state index contributed by atoms with van der Waals surface area (Å²) in [6.07, 6.45) is 5.32. The summed E-state index contributed by atoms with van der Waals surface area (Å²) >= 11 is 11.2. The maximum absolute atomic E-state index is 10.5. The van der Waals surface area contributed by atoms with Crippen molar-refractivity contribution < 1.29 is 9.53 Å². The van der Waals surface area contributed by atoms with Gasteiger partial charge in [0.15, 0.2) is 11.3 Å². The smallest absolute Gasteiger partial charge is 0.205 e. The van der Waals surface area contributed by atoms with E-state index in [9.17, 15) is 10.1 Å². The molecule has 7 aromatic heterocycles. The van der Waals surface area contributed by atoms with E-state index in [0.717, 1.165) is 50.4 Å². The average Bonchev–Trinajstić information content (AvgIpc) is 4.00. The molecule has 0 aliphatic carbocycles. The van der Waals surface area contributed by atoms with Gasteiger partial charge in [0.25, 0.3) is 0 Å². The van der Waals surface area contributed by atoms with Crippen molar-refractivity contribution in [2.45, 2.75) is 6.42 Å². The van der Waals surface area contributed by atoms with Gasteiger partial charge in [0.05, 0.1) is 36.6 Å². The van der Waals surface area contributed by atoms with Crippen LogP contribution >= 0.6 is 79.4 Å². The SMILES string of the molecule is COc1ccc(-c2ccc(C=O)s2)s1.N#CCc1cccs1.[C-]#[N+]/C(=C\c1ccc(-c2ccc(/C=C(\C#N)c3cccs3)s2)s1)c1cccs1. The molecule has 0 bridgehead atoms. The van der Waals surface area contributed by atoms with Gasteiger partial charge in [-0.15, -0.1) is 56.7 Å². The lowest BCUT2D eigenvalue weighted by atomic mass is 10.2. The fraction of sp³-hybridized carbons (Fsp3) is 0.0526. The summed E-state index contributed by atoms with van der Waals surface area (Å²) in [5.41, 5.74) is 1.36. The molecule has 0 unspecified atom stereocenters. The second-order valence-corrected chi connectivity index (χ2v) is 17.0. The van der Waals surface area contributed by atoms with Crippen LogP contribution in [0.25, 0.3) is 47.8 Å². The fourth-order valence-electron chi connectivity index (χ4n) is 4.18. The number of rotatable bonds is 9. The second kappa shape index (κ2) is 18.9. The van der Waals surface area contributed by atoms with E-state index in [1.165, 1.54) is 21.1 Å². The molecule has 0 fully saturated rings. The van der Waals surface area contributed by atoms with E-state index in [1.807, 2.05) is 89.0 Å². The molecule has 0 aliphatic rings. The molecule has 0 saturated heterocycles. The van der Waals surface area contributed by atoms with Gasteiger partial charge in [0.2, 0.25) is 5.70 Å². The Morgan fingerprint density at radius 1 is 0.720 bits per heavy atom. The molecule has 0 N–H and O–H groups in total. The summed E-state index contributed by atoms with van der Waals surface area (Å²) in [4.78, 5) is 24.8. The molecule has 7 rings (SSSR count). The van der Waals surface area contributed by atoms with Crippen LogP contribution in [-0.2, 0) is 6.42 Å². The first-order valence-corrected chi connectivity index (χ1v) is 20.5. The Morgan fingerprint density at radius 2 is 1.28 bits per heavy atom. The number of hydrogen-bond donors (Lipinski definition) is 0. The number of thiophene rings is 7. The molecule has 0 aromatic carbocycles. The number of aldehydes is 1. The molecule has 0 aliphatic heterocycles. The average molecular weight is 780 g/mol. The summed E-state index contributed by atoms with van der Waals surface area (Å²) in [5, 5.41) is 24.5. The van der Waals surface area contributed by atoms with Crippen molar-refractivity contribution in [1.82, 2.24) is 0 Å². The van der Waals surface area contributed by atoms with Crippen LogP contribution in [0, 0.1) is 29.2 Å². The molecule has 0 spiro atoms. The first-order valence-electron chi connectivity index (χ1n) is 14.6. The summed E-state index contributed by atoms with van der Waals surface area (Å²) in [7, 11) is 1.65. The minimum absolute atomic E-state index is 0.553. The van der Waals surface area contributed by atoms with E-state index in [2.05, 4.69) is 41.2 Å². The van der Waals surface area contributed by atoms with Crippen LogP contribution < -0.4 is 4.74 Å². The van der Waals surface area contributed by atoms with Crippen LogP contribution in [0.2, 0.25) is 0 Å². The first-order chi connectivity index (χ1) is 24.5. The highest BCUT2D eigenvalue weighted by molar-refractivity contribution is 7.24. The maximum Gasteiger partial charge on any atom is 0.205 e. The lowest BCUT2D eigenvalue weighted by Crippen LogP contribution is -1.73. The molecule has 0 radical (unpaired) electrons. The standard InChI is InChI=1S/C22H12N2S4.C10H8O2S2.C6H5NS/c1-24-18(20-5-3-11-26-20)13-17-7-9-22(28-17)21-8-6-16(27-21)12-15(14-23)19-4-2-10-25-19;1-12-10-5-4-9(14-10)8-3-2-7(6-11)13-8;7-4-3-6-2-1-5-8-6/h2-13H;2-6H,1H3;1-2,5H,3H2/b15-12+,18-13-;;. The van der Waals surface area contributed by atoms with Crippen molar-refractivity contribution in [1.29, 1.82) is 10.5 Å². The number of nitriles is 2. The molecule has 7 aromatic rings. The van der Waals surface area contributed by atoms with Crippen LogP contribution in [0.15, 0.2) is 101 Å². The van der Waals surface area contributed by atoms with Gasteiger partial charge in [-0.3, -0.25) is 4.79 Å². The predicted octanol–water partition coefficient (Wildman–Crippen LogP) is 13.2. The number of hydrogen-bond acceptors (Lipinski definition) is 11. The van der Waals surface area contributed by atoms with Gasteiger partial charge in [0.1, 0.15) is 6.07 Å². The van der Waals surface area contributed by atoms with E-state index in [1.54, 1.807) is 75.1 Å². The molecule has 12 heteroatoms. The molecule has 0 amide bonds. The molecule has 50 heavy (non-hydrogen) atoms. The Hall–Kier alpha value is -4.68. The quantitative estimate of drug-likeness (QED) is 0.0830. The van der Waals surface area contributed by atoms with Crippen molar-refractivity contribution in [3.63, 3.8) is 0 Å². The Balaban J connectivity index is 0.000000181. The zero-order valence-corrected chi connectivity index (χ0v) is 32.0. The zero-order chi connectivity index (χ0) is 35.1. The van der Waals surface area contributed by atoms with E-state index < -0.39 is 0 Å². The van der Waals surface area contributed by atoms with Gasteiger partial charge in [-0.1, -0.05) is 35.6 Å². The van der Waals surface area contributed by atoms with E-state index in [0.29, 0.717) is 17.7 Å². The molecule has 0 saturated carbocycles. The lowest BCUT2D eigenvalue weighted by Gasteiger charge is -1.93. The minimum atomic E-state index is 0.553. The van der Waals surface area contributed by atoms with Crippen molar-refractivity contribution in [2.75, 3.05) is 7.11 Å². The maximum atomic E-state index is 10.5. The van der Waals surface area contributed by atoms with Crippen molar-refractivity contribution in [3.05, 3.63) is 142 Å². The Bertz CT molecular complexity index is 2190. The number of ether oxygens (including phenoxy) is 1. The first kappa shape index (κ1) is 36.6. The monoisotopic (exact) mass is 779 g/mol. The van der Waals surface area contributed by atoms with Gasteiger partial charge >= 0.3 is 0 Å². The normalized spacial score (nSPS) is 10.8. The van der Waals surface area contributed by atoms with Crippen LogP contribution in [0.3, 0.4) is 0 Å². The van der Waals surface area contributed by atoms with E-state index in [4.69, 9.17) is 16.6 Å². The van der Waals surface area contributed by atoms with Gasteiger partial charge in [0, 0.05) is 43.9 Å². The van der Waals surface area contributed by atoms with Crippen LogP contribution in [0.1, 0.15) is 34.1 Å². The lowest BCUT2D eigenvalue weighted by molar-refractivity contribution is 0.112. The highest BCUT2D eigenvalue weighted by atomic mass is 32.1. The van der Waals surface area contributed by atoms with Crippen LogP contribution in [0.4, 0.5) is 0 Å². The van der Waals surface area contributed by atoms with Gasteiger partial charge in [-0.25, -0.2) is 4.85 Å². The molecular weight excluding hydrogens is 755 g/mol. The van der Waals surface area contributed by atoms with Crippen molar-refractivity contribution >= 4 is 109 Å². The summed E-state index contributed by atoms with van der Waals surface area (Å²) in [6.45, 7) is 7.44. The molecule has 7 heterocycles. The van der Waals surface area contributed by atoms with Crippen molar-refractivity contribution in [2.24, 2.45) is 0 Å². The molecule has 246 valence electrons. The Morgan fingerprint density at radius 3 is 1.78 bits per heavy atom. The van der Waals surface area contributed by atoms with Crippen molar-refractivity contribution in [3.8, 4) is 36.7 Å². The topological polar surface area (TPSA) is 78.2 Å². The number of nitrogens with zero attached hydrogens (tertiary/aromatic N) is 3.